The zero-order valence-electron chi connectivity index (χ0n) is 15.6. The van der Waals surface area contributed by atoms with Crippen LogP contribution in [0.4, 0.5) is 11.6 Å². The van der Waals surface area contributed by atoms with Gasteiger partial charge >= 0.3 is 0 Å². The monoisotopic (exact) mass is 402 g/mol. The first-order chi connectivity index (χ1) is 14.0. The Balaban J connectivity index is 1.55. The molecule has 0 amide bonds. The van der Waals surface area contributed by atoms with Crippen LogP contribution in [0.5, 0.6) is 0 Å². The van der Waals surface area contributed by atoms with Crippen LogP contribution in [-0.2, 0) is 10.0 Å². The van der Waals surface area contributed by atoms with Crippen LogP contribution in [0.25, 0.3) is 10.8 Å². The number of anilines is 1. The highest BCUT2D eigenvalue weighted by Gasteiger charge is 2.15. The number of aliphatic imine (C=N–C) groups is 1. The molecule has 1 heterocycles. The molecule has 0 aliphatic rings. The number of benzene rings is 3. The number of hydrogen-bond donors (Lipinski definition) is 1. The molecule has 0 saturated carbocycles. The summed E-state index contributed by atoms with van der Waals surface area (Å²) in [4.78, 5) is 12.6. The fraction of sp³-hybridized carbons (Fsp3) is 0.0455. The summed E-state index contributed by atoms with van der Waals surface area (Å²) in [5, 5.41) is 2.25. The summed E-state index contributed by atoms with van der Waals surface area (Å²) >= 11 is 0. The van der Waals surface area contributed by atoms with Crippen LogP contribution in [-0.4, -0.2) is 24.6 Å². The largest absolute Gasteiger partial charge is 0.264 e. The summed E-state index contributed by atoms with van der Waals surface area (Å²) in [7, 11) is -3.77. The molecule has 4 aromatic rings. The first kappa shape index (κ1) is 18.8. The van der Waals surface area contributed by atoms with Gasteiger partial charge in [0.1, 0.15) is 0 Å². The molecule has 4 rings (SSSR count). The third-order valence-electron chi connectivity index (χ3n) is 4.34. The fourth-order valence-electron chi connectivity index (χ4n) is 2.90. The Labute approximate surface area is 169 Å². The Hall–Kier alpha value is -3.58. The van der Waals surface area contributed by atoms with Crippen LogP contribution in [0, 0.1) is 6.92 Å². The number of rotatable bonds is 5. The van der Waals surface area contributed by atoms with Crippen LogP contribution in [0.3, 0.4) is 0 Å². The van der Waals surface area contributed by atoms with E-state index in [0.717, 1.165) is 16.3 Å². The van der Waals surface area contributed by atoms with E-state index in [1.54, 1.807) is 31.3 Å². The predicted molar refractivity (Wildman–Crippen MR) is 115 cm³/mol. The van der Waals surface area contributed by atoms with E-state index in [0.29, 0.717) is 11.4 Å². The molecule has 0 spiro atoms. The van der Waals surface area contributed by atoms with Gasteiger partial charge in [-0.05, 0) is 48.0 Å². The highest BCUT2D eigenvalue weighted by atomic mass is 32.2. The Morgan fingerprint density at radius 2 is 1.69 bits per heavy atom. The van der Waals surface area contributed by atoms with Crippen molar-refractivity contribution in [2.24, 2.45) is 4.99 Å². The van der Waals surface area contributed by atoms with Gasteiger partial charge in [-0.3, -0.25) is 4.99 Å². The van der Waals surface area contributed by atoms with E-state index in [1.807, 2.05) is 30.3 Å². The summed E-state index contributed by atoms with van der Waals surface area (Å²) < 4.78 is 27.4. The maximum absolute atomic E-state index is 12.5. The molecule has 6 nitrogen and oxygen atoms in total. The number of nitrogens with zero attached hydrogens (tertiary/aromatic N) is 3. The molecule has 144 valence electrons. The average molecular weight is 402 g/mol. The number of aromatic nitrogens is 2. The van der Waals surface area contributed by atoms with Crippen LogP contribution in [0.15, 0.2) is 88.9 Å². The molecule has 0 fully saturated rings. The summed E-state index contributed by atoms with van der Waals surface area (Å²) in [6.45, 7) is 1.77. The summed E-state index contributed by atoms with van der Waals surface area (Å²) in [5.74, 6) is 0.0445. The lowest BCUT2D eigenvalue weighted by Crippen LogP contribution is -2.15. The average Bonchev–Trinajstić information content (AvgIpc) is 2.72. The van der Waals surface area contributed by atoms with E-state index in [9.17, 15) is 8.42 Å². The number of nitrogens with one attached hydrogen (secondary N) is 1. The third-order valence-corrected chi connectivity index (χ3v) is 5.69. The Kier molecular flexibility index (Phi) is 5.05. The molecule has 29 heavy (non-hydrogen) atoms. The Morgan fingerprint density at radius 3 is 2.48 bits per heavy atom. The molecule has 3 aromatic carbocycles. The van der Waals surface area contributed by atoms with Gasteiger partial charge in [-0.2, -0.15) is 0 Å². The first-order valence-electron chi connectivity index (χ1n) is 8.96. The minimum absolute atomic E-state index is 0.0445. The molecular formula is C22H18N4O2S. The molecule has 0 unspecified atom stereocenters. The van der Waals surface area contributed by atoms with Crippen molar-refractivity contribution >= 4 is 38.6 Å². The molecule has 0 aliphatic carbocycles. The zero-order valence-corrected chi connectivity index (χ0v) is 16.5. The molecule has 1 aromatic heterocycles. The van der Waals surface area contributed by atoms with Gasteiger partial charge in [-0.25, -0.2) is 23.1 Å². The minimum atomic E-state index is -3.77. The first-order valence-corrected chi connectivity index (χ1v) is 10.4. The van der Waals surface area contributed by atoms with Gasteiger partial charge in [0.2, 0.25) is 5.95 Å². The van der Waals surface area contributed by atoms with Crippen molar-refractivity contribution in [1.82, 2.24) is 9.97 Å². The second kappa shape index (κ2) is 7.81. The van der Waals surface area contributed by atoms with Crippen LogP contribution < -0.4 is 4.72 Å². The van der Waals surface area contributed by atoms with Crippen molar-refractivity contribution in [3.8, 4) is 0 Å². The molecular weight excluding hydrogens is 384 g/mol. The molecule has 0 radical (unpaired) electrons. The van der Waals surface area contributed by atoms with E-state index in [4.69, 9.17) is 0 Å². The van der Waals surface area contributed by atoms with E-state index >= 15 is 0 Å². The van der Waals surface area contributed by atoms with Crippen LogP contribution in [0.2, 0.25) is 0 Å². The van der Waals surface area contributed by atoms with E-state index in [-0.39, 0.29) is 10.8 Å². The van der Waals surface area contributed by atoms with Crippen molar-refractivity contribution < 1.29 is 8.42 Å². The normalized spacial score (nSPS) is 11.8. The standard InChI is InChI=1S/C22H18N4O2S/c1-16-13-14-23-22(25-16)26-29(27,28)20-11-9-19(10-12-20)24-15-18-7-4-6-17-5-2-3-8-21(17)18/h2-15H,1H3,(H,23,25,26). The molecule has 1 N–H and O–H groups in total. The van der Waals surface area contributed by atoms with Gasteiger partial charge in [0.15, 0.2) is 0 Å². The number of hydrogen-bond acceptors (Lipinski definition) is 5. The molecule has 0 saturated heterocycles. The number of fused-ring (bicyclic) bond motifs is 1. The van der Waals surface area contributed by atoms with E-state index < -0.39 is 10.0 Å². The molecule has 7 heteroatoms. The summed E-state index contributed by atoms with van der Waals surface area (Å²) in [5.41, 5.74) is 2.33. The second-order valence-corrected chi connectivity index (χ2v) is 8.13. The SMILES string of the molecule is Cc1ccnc(NS(=O)(=O)c2ccc(N=Cc3cccc4ccccc34)cc2)n1. The van der Waals surface area contributed by atoms with Gasteiger partial charge < -0.3 is 0 Å². The Bertz CT molecular complexity index is 1290. The molecule has 0 aliphatic heterocycles. The lowest BCUT2D eigenvalue weighted by atomic mass is 10.1. The highest BCUT2D eigenvalue weighted by molar-refractivity contribution is 7.92. The number of sulfonamides is 1. The molecule has 0 atom stereocenters. The van der Waals surface area contributed by atoms with Crippen molar-refractivity contribution in [2.45, 2.75) is 11.8 Å². The van der Waals surface area contributed by atoms with Gasteiger partial charge in [-0.1, -0.05) is 42.5 Å². The predicted octanol–water partition coefficient (Wildman–Crippen LogP) is 4.49. The quantitative estimate of drug-likeness (QED) is 0.499. The van der Waals surface area contributed by atoms with Crippen molar-refractivity contribution in [3.63, 3.8) is 0 Å². The third kappa shape index (κ3) is 4.30. The lowest BCUT2D eigenvalue weighted by molar-refractivity contribution is 0.601. The van der Waals surface area contributed by atoms with Gasteiger partial charge in [0, 0.05) is 23.7 Å². The van der Waals surface area contributed by atoms with Gasteiger partial charge in [0.25, 0.3) is 10.0 Å². The van der Waals surface area contributed by atoms with Gasteiger partial charge in [-0.15, -0.1) is 0 Å². The Morgan fingerprint density at radius 1 is 0.931 bits per heavy atom. The minimum Gasteiger partial charge on any atom is -0.256 e. The van der Waals surface area contributed by atoms with Gasteiger partial charge in [0.05, 0.1) is 10.6 Å². The summed E-state index contributed by atoms with van der Waals surface area (Å²) in [6.07, 6.45) is 3.29. The number of aryl methyl sites for hydroxylation is 1. The fourth-order valence-corrected chi connectivity index (χ4v) is 3.85. The topological polar surface area (TPSA) is 84.3 Å². The highest BCUT2D eigenvalue weighted by Crippen LogP contribution is 2.20. The maximum atomic E-state index is 12.5. The van der Waals surface area contributed by atoms with E-state index in [1.165, 1.54) is 18.3 Å². The van der Waals surface area contributed by atoms with Crippen molar-refractivity contribution in [3.05, 3.63) is 90.3 Å². The van der Waals surface area contributed by atoms with Crippen molar-refractivity contribution in [2.75, 3.05) is 4.72 Å². The van der Waals surface area contributed by atoms with Crippen LogP contribution in [0.1, 0.15) is 11.3 Å². The van der Waals surface area contributed by atoms with Crippen LogP contribution >= 0.6 is 0 Å². The maximum Gasteiger partial charge on any atom is 0.264 e. The molecule has 0 bridgehead atoms. The zero-order chi connectivity index (χ0) is 20.3. The lowest BCUT2D eigenvalue weighted by Gasteiger charge is -2.07. The smallest absolute Gasteiger partial charge is 0.256 e. The summed E-state index contributed by atoms with van der Waals surface area (Å²) in [6, 6.07) is 22.2. The van der Waals surface area contributed by atoms with E-state index in [2.05, 4.69) is 31.8 Å². The second-order valence-electron chi connectivity index (χ2n) is 6.45. The van der Waals surface area contributed by atoms with Crippen molar-refractivity contribution in [1.29, 1.82) is 0 Å².